The second-order valence-corrected chi connectivity index (χ2v) is 8.71. The van der Waals surface area contributed by atoms with Crippen LogP contribution >= 0.6 is 0 Å². The number of ether oxygens (including phenoxy) is 4. The maximum absolute atomic E-state index is 12.2. The highest BCUT2D eigenvalue weighted by molar-refractivity contribution is 5.82. The Morgan fingerprint density at radius 2 is 1.91 bits per heavy atom. The molecule has 3 fully saturated rings. The standard InChI is InChI=1S/C21H27N5O7/c1-10(27)30-16-14-15(17(21(29)33-14)31-11(2)28)32-20(16)26-9-24-13-18(22-8-23-19(13)26)25-12-6-4-3-5-7-12/h8-9,12,14-18,20,25H,3-7H2,1-2H3,(H,22,23)/t14-,15-,16-,17+,18-,20+/m1/s1. The minimum atomic E-state index is -1.23. The van der Waals surface area contributed by atoms with Crippen molar-refractivity contribution in [3.05, 3.63) is 12.0 Å². The van der Waals surface area contributed by atoms with E-state index in [1.54, 1.807) is 17.2 Å². The van der Waals surface area contributed by atoms with Crippen molar-refractivity contribution in [3.8, 4) is 0 Å². The number of hydrogen-bond donors (Lipinski definition) is 2. The Balaban J connectivity index is 1.41. The minimum absolute atomic E-state index is 0.315. The molecule has 6 atom stereocenters. The van der Waals surface area contributed by atoms with Crippen LogP contribution in [0.2, 0.25) is 0 Å². The van der Waals surface area contributed by atoms with Crippen LogP contribution in [-0.2, 0) is 33.3 Å². The van der Waals surface area contributed by atoms with Gasteiger partial charge in [0.05, 0.1) is 12.7 Å². The van der Waals surface area contributed by atoms with E-state index in [9.17, 15) is 14.4 Å². The van der Waals surface area contributed by atoms with Gasteiger partial charge >= 0.3 is 17.9 Å². The van der Waals surface area contributed by atoms with Gasteiger partial charge in [0.25, 0.3) is 0 Å². The SMILES string of the molecule is CC(=O)O[C@@H]1[C@@H]2OC(=O)[C@@H](OC(C)=O)[C@@H]2O[C@@H]1n1cnc2c1NC=N[C@@H]2NC1CCCCC1. The zero-order valence-corrected chi connectivity index (χ0v) is 18.4. The van der Waals surface area contributed by atoms with Gasteiger partial charge in [-0.2, -0.15) is 0 Å². The highest BCUT2D eigenvalue weighted by Gasteiger charge is 2.61. The third-order valence-electron chi connectivity index (χ3n) is 6.38. The van der Waals surface area contributed by atoms with Crippen LogP contribution in [-0.4, -0.2) is 64.3 Å². The molecule has 178 valence electrons. The monoisotopic (exact) mass is 461 g/mol. The molecule has 1 aromatic rings. The number of nitrogens with zero attached hydrogens (tertiary/aromatic N) is 3. The predicted octanol–water partition coefficient (Wildman–Crippen LogP) is 0.944. The van der Waals surface area contributed by atoms with Gasteiger partial charge in [-0.05, 0) is 12.8 Å². The summed E-state index contributed by atoms with van der Waals surface area (Å²) >= 11 is 0. The van der Waals surface area contributed by atoms with E-state index in [0.717, 1.165) is 12.8 Å². The minimum Gasteiger partial charge on any atom is -0.454 e. The summed E-state index contributed by atoms with van der Waals surface area (Å²) in [6, 6.07) is 0.372. The van der Waals surface area contributed by atoms with Crippen LogP contribution < -0.4 is 10.6 Å². The zero-order chi connectivity index (χ0) is 23.1. The Labute approximate surface area is 190 Å². The van der Waals surface area contributed by atoms with E-state index in [2.05, 4.69) is 20.6 Å². The maximum atomic E-state index is 12.2. The first kappa shape index (κ1) is 21.8. The van der Waals surface area contributed by atoms with Crippen molar-refractivity contribution in [1.82, 2.24) is 14.9 Å². The number of carbonyl (C=O) groups excluding carboxylic acids is 3. The summed E-state index contributed by atoms with van der Waals surface area (Å²) in [6.45, 7) is 2.47. The molecule has 0 spiro atoms. The summed E-state index contributed by atoms with van der Waals surface area (Å²) < 4.78 is 23.8. The van der Waals surface area contributed by atoms with E-state index >= 15 is 0 Å². The van der Waals surface area contributed by atoms with Gasteiger partial charge in [0.15, 0.2) is 18.4 Å². The molecular formula is C21H27N5O7. The maximum Gasteiger partial charge on any atom is 0.350 e. The van der Waals surface area contributed by atoms with Gasteiger partial charge in [-0.1, -0.05) is 19.3 Å². The van der Waals surface area contributed by atoms with E-state index in [-0.39, 0.29) is 6.17 Å². The highest BCUT2D eigenvalue weighted by Crippen LogP contribution is 2.42. The van der Waals surface area contributed by atoms with Crippen molar-refractivity contribution in [2.75, 3.05) is 5.32 Å². The molecule has 1 saturated carbocycles. The zero-order valence-electron chi connectivity index (χ0n) is 18.4. The summed E-state index contributed by atoms with van der Waals surface area (Å²) in [7, 11) is 0. The first-order chi connectivity index (χ1) is 15.9. The molecule has 0 amide bonds. The lowest BCUT2D eigenvalue weighted by molar-refractivity contribution is -0.174. The van der Waals surface area contributed by atoms with E-state index < -0.39 is 48.6 Å². The van der Waals surface area contributed by atoms with Crippen LogP contribution in [0, 0.1) is 0 Å². The number of aromatic nitrogens is 2. The topological polar surface area (TPSA) is 142 Å². The molecule has 1 aromatic heterocycles. The molecule has 3 aliphatic heterocycles. The quantitative estimate of drug-likeness (QED) is 0.480. The highest BCUT2D eigenvalue weighted by atomic mass is 16.7. The fourth-order valence-electron chi connectivity index (χ4n) is 4.99. The smallest absolute Gasteiger partial charge is 0.350 e. The van der Waals surface area contributed by atoms with Crippen LogP contribution in [0.1, 0.15) is 64.0 Å². The normalized spacial score (nSPS) is 33.1. The second-order valence-electron chi connectivity index (χ2n) is 8.71. The molecule has 0 bridgehead atoms. The van der Waals surface area contributed by atoms with Crippen LogP contribution in [0.15, 0.2) is 11.3 Å². The molecule has 0 aromatic carbocycles. The van der Waals surface area contributed by atoms with E-state index in [1.165, 1.54) is 33.1 Å². The van der Waals surface area contributed by atoms with Gasteiger partial charge in [-0.25, -0.2) is 14.8 Å². The molecule has 12 nitrogen and oxygen atoms in total. The average Bonchev–Trinajstić information content (AvgIpc) is 3.43. The Kier molecular flexibility index (Phi) is 5.79. The Bertz CT molecular complexity index is 972. The summed E-state index contributed by atoms with van der Waals surface area (Å²) in [5.41, 5.74) is 0.693. The molecule has 2 saturated heterocycles. The van der Waals surface area contributed by atoms with Gasteiger partial charge in [0.1, 0.15) is 23.8 Å². The average molecular weight is 461 g/mol. The molecule has 0 unspecified atom stereocenters. The third kappa shape index (κ3) is 4.08. The number of rotatable bonds is 5. The van der Waals surface area contributed by atoms with Gasteiger partial charge in [0, 0.05) is 19.9 Å². The van der Waals surface area contributed by atoms with Crippen LogP contribution in [0.4, 0.5) is 5.82 Å². The van der Waals surface area contributed by atoms with Crippen molar-refractivity contribution >= 4 is 30.1 Å². The fraction of sp³-hybridized carbons (Fsp3) is 0.667. The van der Waals surface area contributed by atoms with E-state index in [0.29, 0.717) is 17.6 Å². The van der Waals surface area contributed by atoms with Crippen molar-refractivity contribution in [3.63, 3.8) is 0 Å². The van der Waals surface area contributed by atoms with Crippen LogP contribution in [0.25, 0.3) is 0 Å². The van der Waals surface area contributed by atoms with Crippen molar-refractivity contribution in [2.24, 2.45) is 4.99 Å². The molecule has 2 N–H and O–H groups in total. The van der Waals surface area contributed by atoms with E-state index in [4.69, 9.17) is 18.9 Å². The van der Waals surface area contributed by atoms with Crippen molar-refractivity contribution in [1.29, 1.82) is 0 Å². The number of hydrogen-bond acceptors (Lipinski definition) is 11. The number of carbonyl (C=O) groups is 3. The number of nitrogens with one attached hydrogen (secondary N) is 2. The summed E-state index contributed by atoms with van der Waals surface area (Å²) in [5.74, 6) is -1.29. The molecule has 5 rings (SSSR count). The van der Waals surface area contributed by atoms with E-state index in [1.807, 2.05) is 0 Å². The largest absolute Gasteiger partial charge is 0.454 e. The van der Waals surface area contributed by atoms with Crippen molar-refractivity contribution in [2.45, 2.75) is 88.8 Å². The lowest BCUT2D eigenvalue weighted by Gasteiger charge is -2.29. The Morgan fingerprint density at radius 1 is 1.15 bits per heavy atom. The molecule has 1 aliphatic carbocycles. The van der Waals surface area contributed by atoms with Gasteiger partial charge in [-0.15, -0.1) is 0 Å². The predicted molar refractivity (Wildman–Crippen MR) is 112 cm³/mol. The Hall–Kier alpha value is -2.99. The van der Waals surface area contributed by atoms with Crippen LogP contribution in [0.5, 0.6) is 0 Å². The molecular weight excluding hydrogens is 434 g/mol. The number of fused-ring (bicyclic) bond motifs is 2. The molecule has 4 heterocycles. The molecule has 33 heavy (non-hydrogen) atoms. The molecule has 4 aliphatic rings. The van der Waals surface area contributed by atoms with Gasteiger partial charge < -0.3 is 24.3 Å². The first-order valence-corrected chi connectivity index (χ1v) is 11.2. The summed E-state index contributed by atoms with van der Waals surface area (Å²) in [6.07, 6.45) is 3.85. The number of imidazole rings is 1. The van der Waals surface area contributed by atoms with Gasteiger partial charge in [0.2, 0.25) is 6.10 Å². The lowest BCUT2D eigenvalue weighted by Crippen LogP contribution is -2.37. The van der Waals surface area contributed by atoms with Gasteiger partial charge in [-0.3, -0.25) is 19.5 Å². The first-order valence-electron chi connectivity index (χ1n) is 11.2. The summed E-state index contributed by atoms with van der Waals surface area (Å²) in [4.78, 5) is 44.6. The number of esters is 3. The second kappa shape index (κ2) is 8.75. The molecule has 12 heteroatoms. The molecule has 0 radical (unpaired) electrons. The fourth-order valence-corrected chi connectivity index (χ4v) is 4.99. The number of anilines is 1. The third-order valence-corrected chi connectivity index (χ3v) is 6.38. The lowest BCUT2D eigenvalue weighted by atomic mass is 9.95. The number of aliphatic imine (C=N–C) groups is 1. The Morgan fingerprint density at radius 3 is 2.64 bits per heavy atom. The van der Waals surface area contributed by atoms with Crippen molar-refractivity contribution < 1.29 is 33.3 Å². The summed E-state index contributed by atoms with van der Waals surface area (Å²) in [5, 5.41) is 6.67. The van der Waals surface area contributed by atoms with Crippen LogP contribution in [0.3, 0.4) is 0 Å².